The summed E-state index contributed by atoms with van der Waals surface area (Å²) < 4.78 is 11.1. The number of ether oxygens (including phenoxy) is 2. The SMILES string of the molecule is CCOc1ccc(N2C(=O)C(=O)/C(=C(/O)c3cccc(OCC)c3)C2c2ccccc2C)cc1. The van der Waals surface area contributed by atoms with Gasteiger partial charge in [0.25, 0.3) is 11.7 Å². The number of hydrogen-bond acceptors (Lipinski definition) is 5. The molecule has 1 atom stereocenters. The molecule has 4 rings (SSSR count). The molecular weight excluding hydrogens is 430 g/mol. The molecule has 0 radical (unpaired) electrons. The molecule has 6 nitrogen and oxygen atoms in total. The van der Waals surface area contributed by atoms with E-state index in [9.17, 15) is 14.7 Å². The molecule has 0 saturated carbocycles. The first-order chi connectivity index (χ1) is 16.5. The number of carbonyl (C=O) groups is 2. The van der Waals surface area contributed by atoms with Crippen LogP contribution in [0.25, 0.3) is 5.76 Å². The number of Topliss-reactive ketones (excluding diaryl/α,β-unsaturated/α-hetero) is 1. The molecule has 1 aliphatic heterocycles. The topological polar surface area (TPSA) is 76.1 Å². The Morgan fingerprint density at radius 3 is 2.24 bits per heavy atom. The van der Waals surface area contributed by atoms with Gasteiger partial charge < -0.3 is 14.6 Å². The first-order valence-electron chi connectivity index (χ1n) is 11.3. The van der Waals surface area contributed by atoms with Gasteiger partial charge >= 0.3 is 0 Å². The van der Waals surface area contributed by atoms with Crippen LogP contribution in [0, 0.1) is 6.92 Å². The molecule has 6 heteroatoms. The summed E-state index contributed by atoms with van der Waals surface area (Å²) in [5, 5.41) is 11.3. The molecule has 1 aliphatic rings. The minimum Gasteiger partial charge on any atom is -0.507 e. The van der Waals surface area contributed by atoms with Gasteiger partial charge in [0, 0.05) is 11.3 Å². The smallest absolute Gasteiger partial charge is 0.300 e. The van der Waals surface area contributed by atoms with Crippen LogP contribution in [0.2, 0.25) is 0 Å². The second-order valence-corrected chi connectivity index (χ2v) is 7.91. The predicted octanol–water partition coefficient (Wildman–Crippen LogP) is 5.42. The van der Waals surface area contributed by atoms with Crippen LogP contribution in [-0.4, -0.2) is 30.0 Å². The fourth-order valence-electron chi connectivity index (χ4n) is 4.21. The summed E-state index contributed by atoms with van der Waals surface area (Å²) in [6, 6.07) is 20.7. The second kappa shape index (κ2) is 9.83. The van der Waals surface area contributed by atoms with Gasteiger partial charge in [0.2, 0.25) is 0 Å². The summed E-state index contributed by atoms with van der Waals surface area (Å²) in [7, 11) is 0. The van der Waals surface area contributed by atoms with E-state index in [1.165, 1.54) is 4.90 Å². The third-order valence-corrected chi connectivity index (χ3v) is 5.77. The highest BCUT2D eigenvalue weighted by molar-refractivity contribution is 6.51. The molecule has 0 aromatic heterocycles. The zero-order chi connectivity index (χ0) is 24.2. The molecule has 1 heterocycles. The molecule has 34 heavy (non-hydrogen) atoms. The van der Waals surface area contributed by atoms with Crippen molar-refractivity contribution in [1.29, 1.82) is 0 Å². The average Bonchev–Trinajstić information content (AvgIpc) is 3.10. The van der Waals surface area contributed by atoms with E-state index in [-0.39, 0.29) is 11.3 Å². The molecule has 3 aromatic rings. The summed E-state index contributed by atoms with van der Waals surface area (Å²) in [6.07, 6.45) is 0. The molecule has 1 fully saturated rings. The van der Waals surface area contributed by atoms with E-state index in [1.54, 1.807) is 48.5 Å². The predicted molar refractivity (Wildman–Crippen MR) is 131 cm³/mol. The number of carbonyl (C=O) groups excluding carboxylic acids is 2. The van der Waals surface area contributed by atoms with Gasteiger partial charge in [0.15, 0.2) is 0 Å². The Balaban J connectivity index is 1.89. The zero-order valence-corrected chi connectivity index (χ0v) is 19.4. The van der Waals surface area contributed by atoms with Gasteiger partial charge in [0.05, 0.1) is 24.8 Å². The van der Waals surface area contributed by atoms with Crippen LogP contribution in [0.1, 0.15) is 36.6 Å². The number of benzene rings is 3. The van der Waals surface area contributed by atoms with E-state index >= 15 is 0 Å². The normalized spacial score (nSPS) is 17.1. The van der Waals surface area contributed by atoms with Crippen LogP contribution < -0.4 is 14.4 Å². The largest absolute Gasteiger partial charge is 0.507 e. The molecule has 1 saturated heterocycles. The summed E-state index contributed by atoms with van der Waals surface area (Å²) in [5.74, 6) is -0.425. The Kier molecular flexibility index (Phi) is 6.68. The van der Waals surface area contributed by atoms with E-state index in [2.05, 4.69) is 0 Å². The van der Waals surface area contributed by atoms with Crippen LogP contribution in [0.4, 0.5) is 5.69 Å². The molecule has 1 unspecified atom stereocenters. The van der Waals surface area contributed by atoms with Gasteiger partial charge in [-0.25, -0.2) is 0 Å². The van der Waals surface area contributed by atoms with Gasteiger partial charge in [-0.3, -0.25) is 14.5 Å². The number of nitrogens with zero attached hydrogens (tertiary/aromatic N) is 1. The van der Waals surface area contributed by atoms with Crippen molar-refractivity contribution in [2.75, 3.05) is 18.1 Å². The lowest BCUT2D eigenvalue weighted by Crippen LogP contribution is -2.29. The van der Waals surface area contributed by atoms with Gasteiger partial charge in [-0.05, 0) is 68.3 Å². The van der Waals surface area contributed by atoms with Gasteiger partial charge in [0.1, 0.15) is 17.3 Å². The highest BCUT2D eigenvalue weighted by atomic mass is 16.5. The summed E-state index contributed by atoms with van der Waals surface area (Å²) in [6.45, 7) is 6.67. The molecule has 174 valence electrons. The fraction of sp³-hybridized carbons (Fsp3) is 0.214. The van der Waals surface area contributed by atoms with Crippen molar-refractivity contribution in [3.05, 3.63) is 95.1 Å². The van der Waals surface area contributed by atoms with Crippen molar-refractivity contribution in [2.24, 2.45) is 0 Å². The number of ketones is 1. The Labute approximate surface area is 199 Å². The summed E-state index contributed by atoms with van der Waals surface area (Å²) in [5.41, 5.74) is 2.66. The number of aryl methyl sites for hydroxylation is 1. The minimum atomic E-state index is -0.783. The maximum atomic E-state index is 13.3. The first-order valence-corrected chi connectivity index (χ1v) is 11.3. The van der Waals surface area contributed by atoms with E-state index < -0.39 is 17.7 Å². The zero-order valence-electron chi connectivity index (χ0n) is 19.4. The van der Waals surface area contributed by atoms with E-state index in [1.807, 2.05) is 45.0 Å². The fourth-order valence-corrected chi connectivity index (χ4v) is 4.21. The van der Waals surface area contributed by atoms with Crippen molar-refractivity contribution >= 4 is 23.1 Å². The van der Waals surface area contributed by atoms with Gasteiger partial charge in [-0.1, -0.05) is 36.4 Å². The highest BCUT2D eigenvalue weighted by Crippen LogP contribution is 2.43. The maximum Gasteiger partial charge on any atom is 0.300 e. The second-order valence-electron chi connectivity index (χ2n) is 7.91. The van der Waals surface area contributed by atoms with Crippen LogP contribution in [0.5, 0.6) is 11.5 Å². The standard InChI is InChI=1S/C28H27NO5/c1-4-33-21-15-13-20(14-16-21)29-25(23-12-7-6-9-18(23)3)24(27(31)28(29)32)26(30)19-10-8-11-22(17-19)34-5-2/h6-17,25,30H,4-5H2,1-3H3/b26-24+. The Bertz CT molecular complexity index is 1250. The summed E-state index contributed by atoms with van der Waals surface area (Å²) >= 11 is 0. The minimum absolute atomic E-state index is 0.0434. The molecule has 3 aromatic carbocycles. The quantitative estimate of drug-likeness (QED) is 0.291. The highest BCUT2D eigenvalue weighted by Gasteiger charge is 2.47. The Morgan fingerprint density at radius 1 is 0.882 bits per heavy atom. The first kappa shape index (κ1) is 23.1. The Morgan fingerprint density at radius 2 is 1.56 bits per heavy atom. The lowest BCUT2D eigenvalue weighted by molar-refractivity contribution is -0.132. The van der Waals surface area contributed by atoms with Gasteiger partial charge in [-0.15, -0.1) is 0 Å². The molecule has 0 aliphatic carbocycles. The number of rotatable bonds is 7. The van der Waals surface area contributed by atoms with E-state index in [4.69, 9.17) is 9.47 Å². The molecule has 1 amide bonds. The lowest BCUT2D eigenvalue weighted by Gasteiger charge is -2.26. The van der Waals surface area contributed by atoms with Crippen molar-refractivity contribution < 1.29 is 24.2 Å². The maximum absolute atomic E-state index is 13.3. The summed E-state index contributed by atoms with van der Waals surface area (Å²) in [4.78, 5) is 28.1. The van der Waals surface area contributed by atoms with Crippen LogP contribution in [-0.2, 0) is 9.59 Å². The van der Waals surface area contributed by atoms with E-state index in [0.717, 1.165) is 11.1 Å². The molecular formula is C28H27NO5. The number of hydrogen-bond donors (Lipinski definition) is 1. The van der Waals surface area contributed by atoms with Gasteiger partial charge in [-0.2, -0.15) is 0 Å². The molecule has 0 spiro atoms. The molecule has 1 N–H and O–H groups in total. The van der Waals surface area contributed by atoms with Crippen LogP contribution >= 0.6 is 0 Å². The lowest BCUT2D eigenvalue weighted by atomic mass is 9.92. The van der Waals surface area contributed by atoms with Crippen molar-refractivity contribution in [3.8, 4) is 11.5 Å². The number of anilines is 1. The monoisotopic (exact) mass is 457 g/mol. The third kappa shape index (κ3) is 4.27. The van der Waals surface area contributed by atoms with Crippen molar-refractivity contribution in [2.45, 2.75) is 26.8 Å². The van der Waals surface area contributed by atoms with E-state index in [0.29, 0.717) is 36.0 Å². The van der Waals surface area contributed by atoms with Crippen LogP contribution in [0.15, 0.2) is 78.4 Å². The van der Waals surface area contributed by atoms with Crippen LogP contribution in [0.3, 0.4) is 0 Å². The Hall–Kier alpha value is -4.06. The van der Waals surface area contributed by atoms with Crippen molar-refractivity contribution in [3.63, 3.8) is 0 Å². The molecule has 0 bridgehead atoms. The third-order valence-electron chi connectivity index (χ3n) is 5.77. The number of amides is 1. The van der Waals surface area contributed by atoms with Crippen molar-refractivity contribution in [1.82, 2.24) is 0 Å². The average molecular weight is 458 g/mol. The number of aliphatic hydroxyl groups excluding tert-OH is 1. The number of aliphatic hydroxyl groups is 1.